The van der Waals surface area contributed by atoms with Gasteiger partial charge in [0.05, 0.1) is 6.61 Å². The molecule has 0 saturated carbocycles. The Kier molecular flexibility index (Phi) is 8.41. The van der Waals surface area contributed by atoms with E-state index in [9.17, 15) is 9.59 Å². The smallest absolute Gasteiger partial charge is 0.341 e. The van der Waals surface area contributed by atoms with Crippen LogP contribution in [0.25, 0.3) is 5.57 Å². The normalized spacial score (nSPS) is 14.0. The van der Waals surface area contributed by atoms with Crippen molar-refractivity contribution in [2.24, 2.45) is 11.3 Å². The summed E-state index contributed by atoms with van der Waals surface area (Å²) in [5, 5.41) is 0. The molecule has 0 heterocycles. The first-order valence-electron chi connectivity index (χ1n) is 10.1. The van der Waals surface area contributed by atoms with Crippen LogP contribution in [0.4, 0.5) is 0 Å². The Bertz CT molecular complexity index is 789. The molecule has 0 N–H and O–H groups in total. The molecule has 0 fully saturated rings. The lowest BCUT2D eigenvalue weighted by Crippen LogP contribution is -2.20. The minimum absolute atomic E-state index is 0.0784. The van der Waals surface area contributed by atoms with Crippen LogP contribution in [0, 0.1) is 25.2 Å². The van der Waals surface area contributed by atoms with Crippen molar-refractivity contribution in [3.8, 4) is 0 Å². The molecule has 1 rings (SSSR count). The summed E-state index contributed by atoms with van der Waals surface area (Å²) in [7, 11) is 0. The predicted molar refractivity (Wildman–Crippen MR) is 117 cm³/mol. The zero-order valence-electron chi connectivity index (χ0n) is 19.0. The Morgan fingerprint density at radius 2 is 1.71 bits per heavy atom. The van der Waals surface area contributed by atoms with Crippen LogP contribution in [0.5, 0.6) is 0 Å². The number of ketones is 1. The molecule has 28 heavy (non-hydrogen) atoms. The second-order valence-corrected chi connectivity index (χ2v) is 8.68. The molecule has 0 saturated heterocycles. The molecule has 1 unspecified atom stereocenters. The average molecular weight is 385 g/mol. The Morgan fingerprint density at radius 3 is 2.21 bits per heavy atom. The van der Waals surface area contributed by atoms with E-state index in [0.717, 1.165) is 17.6 Å². The third-order valence-electron chi connectivity index (χ3n) is 5.55. The molecule has 0 aliphatic carbocycles. The van der Waals surface area contributed by atoms with E-state index in [1.54, 1.807) is 19.9 Å². The minimum Gasteiger partial charge on any atom is -0.462 e. The number of hydrogen-bond donors (Lipinski definition) is 0. The van der Waals surface area contributed by atoms with Gasteiger partial charge in [-0.2, -0.15) is 0 Å². The fourth-order valence-electron chi connectivity index (χ4n) is 2.97. The fraction of sp³-hybridized carbons (Fsp3) is 0.520. The number of carbonyl (C=O) groups excluding carboxylic acids is 2. The maximum absolute atomic E-state index is 12.7. The number of aryl methyl sites for hydroxylation is 2. The summed E-state index contributed by atoms with van der Waals surface area (Å²) in [6.45, 7) is 18.8. The van der Waals surface area contributed by atoms with Crippen LogP contribution >= 0.6 is 0 Å². The molecule has 3 nitrogen and oxygen atoms in total. The van der Waals surface area contributed by atoms with Gasteiger partial charge in [-0.25, -0.2) is 4.79 Å². The number of carbonyl (C=O) groups is 2. The quantitative estimate of drug-likeness (QED) is 0.250. The molecule has 0 spiro atoms. The van der Waals surface area contributed by atoms with Gasteiger partial charge in [-0.1, -0.05) is 45.9 Å². The van der Waals surface area contributed by atoms with E-state index in [1.165, 1.54) is 22.8 Å². The molecule has 0 bridgehead atoms. The standard InChI is InChI=1S/C25H36O3/c1-10-21(24(27)28-11-2)23(26)14-18(5)22-13-17(4)16(3)12-20(22)15-19(6)25(7,8)9/h10,12-14,19H,11,15H2,1-9H3/b18-14+,21-10+. The van der Waals surface area contributed by atoms with Crippen molar-refractivity contribution in [1.29, 1.82) is 0 Å². The van der Waals surface area contributed by atoms with E-state index >= 15 is 0 Å². The zero-order chi connectivity index (χ0) is 21.6. The van der Waals surface area contributed by atoms with Gasteiger partial charge in [0, 0.05) is 0 Å². The van der Waals surface area contributed by atoms with Crippen molar-refractivity contribution in [2.75, 3.05) is 6.61 Å². The summed E-state index contributed by atoms with van der Waals surface area (Å²) < 4.78 is 4.99. The molecule has 0 aromatic heterocycles. The average Bonchev–Trinajstić information content (AvgIpc) is 2.57. The van der Waals surface area contributed by atoms with Crippen molar-refractivity contribution >= 4 is 17.3 Å². The number of allylic oxidation sites excluding steroid dienone is 3. The van der Waals surface area contributed by atoms with Gasteiger partial charge < -0.3 is 4.74 Å². The van der Waals surface area contributed by atoms with Crippen LogP contribution in [-0.2, 0) is 20.7 Å². The van der Waals surface area contributed by atoms with E-state index in [1.807, 2.05) is 6.92 Å². The van der Waals surface area contributed by atoms with E-state index in [-0.39, 0.29) is 23.4 Å². The van der Waals surface area contributed by atoms with Gasteiger partial charge >= 0.3 is 5.97 Å². The highest BCUT2D eigenvalue weighted by Gasteiger charge is 2.22. The second kappa shape index (κ2) is 9.86. The first kappa shape index (κ1) is 23.9. The monoisotopic (exact) mass is 384 g/mol. The lowest BCUT2D eigenvalue weighted by molar-refractivity contribution is -0.139. The topological polar surface area (TPSA) is 43.4 Å². The molecule has 0 radical (unpaired) electrons. The summed E-state index contributed by atoms with van der Waals surface area (Å²) in [5.41, 5.74) is 5.91. The van der Waals surface area contributed by atoms with E-state index in [2.05, 4.69) is 53.7 Å². The molecule has 1 aromatic carbocycles. The third kappa shape index (κ3) is 6.19. The molecular formula is C25H36O3. The van der Waals surface area contributed by atoms with Crippen LogP contribution in [-0.4, -0.2) is 18.4 Å². The molecule has 0 amide bonds. The maximum atomic E-state index is 12.7. The van der Waals surface area contributed by atoms with Crippen LogP contribution in [0.15, 0.2) is 29.9 Å². The molecule has 154 valence electrons. The molecule has 0 aliphatic heterocycles. The number of rotatable bonds is 7. The van der Waals surface area contributed by atoms with Crippen molar-refractivity contribution < 1.29 is 14.3 Å². The maximum Gasteiger partial charge on any atom is 0.341 e. The highest BCUT2D eigenvalue weighted by molar-refractivity contribution is 6.23. The van der Waals surface area contributed by atoms with E-state index in [0.29, 0.717) is 5.92 Å². The van der Waals surface area contributed by atoms with Gasteiger partial charge in [-0.15, -0.1) is 0 Å². The zero-order valence-corrected chi connectivity index (χ0v) is 19.0. The van der Waals surface area contributed by atoms with Crippen molar-refractivity contribution in [2.45, 2.75) is 68.7 Å². The molecular weight excluding hydrogens is 348 g/mol. The lowest BCUT2D eigenvalue weighted by atomic mass is 9.77. The fourth-order valence-corrected chi connectivity index (χ4v) is 2.97. The van der Waals surface area contributed by atoms with Crippen LogP contribution < -0.4 is 0 Å². The predicted octanol–water partition coefficient (Wildman–Crippen LogP) is 6.01. The summed E-state index contributed by atoms with van der Waals surface area (Å²) >= 11 is 0. The third-order valence-corrected chi connectivity index (χ3v) is 5.55. The van der Waals surface area contributed by atoms with Gasteiger partial charge in [0.15, 0.2) is 5.78 Å². The van der Waals surface area contributed by atoms with Gasteiger partial charge in [-0.05, 0) is 86.3 Å². The number of esters is 1. The van der Waals surface area contributed by atoms with Crippen LogP contribution in [0.3, 0.4) is 0 Å². The van der Waals surface area contributed by atoms with Crippen molar-refractivity contribution in [3.05, 3.63) is 52.1 Å². The first-order valence-corrected chi connectivity index (χ1v) is 10.1. The first-order chi connectivity index (χ1) is 12.9. The van der Waals surface area contributed by atoms with Gasteiger partial charge in [0.1, 0.15) is 5.57 Å². The van der Waals surface area contributed by atoms with E-state index < -0.39 is 5.97 Å². The summed E-state index contributed by atoms with van der Waals surface area (Å²) in [5.74, 6) is -0.394. The van der Waals surface area contributed by atoms with Crippen LogP contribution in [0.1, 0.15) is 70.7 Å². The Morgan fingerprint density at radius 1 is 1.14 bits per heavy atom. The SMILES string of the molecule is C/C=C(\C(=O)/C=C(\C)c1cc(C)c(C)cc1CC(C)C(C)(C)C)C(=O)OCC. The van der Waals surface area contributed by atoms with E-state index in [4.69, 9.17) is 4.74 Å². The number of hydrogen-bond acceptors (Lipinski definition) is 3. The number of benzene rings is 1. The minimum atomic E-state index is -0.569. The molecule has 0 aliphatic rings. The molecule has 1 atom stereocenters. The Hall–Kier alpha value is -2.16. The number of ether oxygens (including phenoxy) is 1. The Balaban J connectivity index is 3.33. The largest absolute Gasteiger partial charge is 0.462 e. The molecule has 3 heteroatoms. The van der Waals surface area contributed by atoms with Gasteiger partial charge in [0.2, 0.25) is 0 Å². The van der Waals surface area contributed by atoms with Crippen molar-refractivity contribution in [1.82, 2.24) is 0 Å². The molecule has 1 aromatic rings. The Labute approximate surface area is 170 Å². The van der Waals surface area contributed by atoms with Crippen molar-refractivity contribution in [3.63, 3.8) is 0 Å². The van der Waals surface area contributed by atoms with Crippen LogP contribution in [0.2, 0.25) is 0 Å². The highest BCUT2D eigenvalue weighted by atomic mass is 16.5. The van der Waals surface area contributed by atoms with Gasteiger partial charge in [0.25, 0.3) is 0 Å². The highest BCUT2D eigenvalue weighted by Crippen LogP contribution is 2.32. The second-order valence-electron chi connectivity index (χ2n) is 8.68. The summed E-state index contributed by atoms with van der Waals surface area (Å²) in [6, 6.07) is 4.38. The lowest BCUT2D eigenvalue weighted by Gasteiger charge is -2.28. The summed E-state index contributed by atoms with van der Waals surface area (Å²) in [4.78, 5) is 24.7. The van der Waals surface area contributed by atoms with Gasteiger partial charge in [-0.3, -0.25) is 4.79 Å². The summed E-state index contributed by atoms with van der Waals surface area (Å²) in [6.07, 6.45) is 4.02.